The number of urea groups is 1. The lowest BCUT2D eigenvalue weighted by Crippen LogP contribution is -2.34. The Morgan fingerprint density at radius 3 is 2.62 bits per heavy atom. The van der Waals surface area contributed by atoms with E-state index in [-0.39, 0.29) is 23.6 Å². The maximum absolute atomic E-state index is 12.2. The maximum Gasteiger partial charge on any atom is 0.325 e. The highest BCUT2D eigenvalue weighted by atomic mass is 31.2. The number of amides is 2. The molecule has 0 bridgehead atoms. The molecule has 0 spiro atoms. The topological polar surface area (TPSA) is 110 Å². The number of rotatable bonds is 11. The monoisotopic (exact) mass is 422 g/mol. The Labute approximate surface area is 172 Å². The van der Waals surface area contributed by atoms with Crippen LogP contribution in [0.5, 0.6) is 0 Å². The summed E-state index contributed by atoms with van der Waals surface area (Å²) in [5.41, 5.74) is 1.11. The molecule has 2 unspecified atom stereocenters. The number of carbonyl (C=O) groups is 1. The summed E-state index contributed by atoms with van der Waals surface area (Å²) in [6.45, 7) is 1.13. The molecule has 1 aliphatic carbocycles. The Balaban J connectivity index is 1.46. The van der Waals surface area contributed by atoms with Crippen molar-refractivity contribution in [1.82, 2.24) is 10.2 Å². The maximum atomic E-state index is 12.2. The Morgan fingerprint density at radius 2 is 1.97 bits per heavy atom. The molecule has 0 radical (unpaired) electrons. The standard InChI is InChI=1S/C21H31N2O5P/c24-19(15-17-5-2-1-3-6-17)8-7-18-16-22-20(25)23(18)13-4-9-21(10-11-21)12-14-29(26,27)28/h1-3,5-8,18-19,24H,4,9-16H2,(H,22,25)(H2,26,27,28). The fourth-order valence-electron chi connectivity index (χ4n) is 3.98. The summed E-state index contributed by atoms with van der Waals surface area (Å²) in [4.78, 5) is 32.1. The zero-order chi connectivity index (χ0) is 20.9. The first-order chi connectivity index (χ1) is 13.8. The second-order valence-corrected chi connectivity index (χ2v) is 10.1. The highest BCUT2D eigenvalue weighted by molar-refractivity contribution is 7.51. The van der Waals surface area contributed by atoms with Gasteiger partial charge in [0.1, 0.15) is 0 Å². The van der Waals surface area contributed by atoms with Crippen LogP contribution in [0.4, 0.5) is 4.79 Å². The highest BCUT2D eigenvalue weighted by Crippen LogP contribution is 2.55. The Hall–Kier alpha value is -1.66. The van der Waals surface area contributed by atoms with Crippen LogP contribution in [0, 0.1) is 5.41 Å². The number of hydrogen-bond acceptors (Lipinski definition) is 3. The van der Waals surface area contributed by atoms with Gasteiger partial charge in [0, 0.05) is 19.5 Å². The van der Waals surface area contributed by atoms with Gasteiger partial charge in [-0.15, -0.1) is 0 Å². The Bertz CT molecular complexity index is 760. The van der Waals surface area contributed by atoms with Crippen LogP contribution in [-0.2, 0) is 11.0 Å². The van der Waals surface area contributed by atoms with E-state index in [0.717, 1.165) is 31.2 Å². The quantitative estimate of drug-likeness (QED) is 0.324. The minimum absolute atomic E-state index is 0.0501. The van der Waals surface area contributed by atoms with Gasteiger partial charge in [-0.1, -0.05) is 42.5 Å². The molecular weight excluding hydrogens is 391 g/mol. The molecule has 1 aromatic rings. The van der Waals surface area contributed by atoms with Crippen molar-refractivity contribution in [3.05, 3.63) is 48.0 Å². The van der Waals surface area contributed by atoms with E-state index in [0.29, 0.717) is 25.9 Å². The lowest BCUT2D eigenvalue weighted by Gasteiger charge is -2.22. The van der Waals surface area contributed by atoms with Gasteiger partial charge in [0.25, 0.3) is 0 Å². The van der Waals surface area contributed by atoms with Gasteiger partial charge in [-0.05, 0) is 43.1 Å². The fraction of sp³-hybridized carbons (Fsp3) is 0.571. The smallest absolute Gasteiger partial charge is 0.325 e. The lowest BCUT2D eigenvalue weighted by atomic mass is 9.97. The average Bonchev–Trinajstić information content (AvgIpc) is 3.36. The molecule has 2 fully saturated rings. The van der Waals surface area contributed by atoms with Crippen molar-refractivity contribution >= 4 is 13.6 Å². The molecule has 1 saturated heterocycles. The van der Waals surface area contributed by atoms with Gasteiger partial charge in [0.05, 0.1) is 18.3 Å². The van der Waals surface area contributed by atoms with Crippen molar-refractivity contribution in [2.75, 3.05) is 19.3 Å². The largest absolute Gasteiger partial charge is 0.389 e. The normalized spacial score (nSPS) is 22.1. The zero-order valence-electron chi connectivity index (χ0n) is 16.6. The summed E-state index contributed by atoms with van der Waals surface area (Å²) in [7, 11) is -3.95. The molecule has 2 aliphatic rings. The number of nitrogens with zero attached hydrogens (tertiary/aromatic N) is 1. The predicted molar refractivity (Wildman–Crippen MR) is 112 cm³/mol. The molecule has 1 saturated carbocycles. The molecule has 1 aliphatic heterocycles. The second-order valence-electron chi connectivity index (χ2n) is 8.33. The molecule has 8 heteroatoms. The molecule has 3 rings (SSSR count). The van der Waals surface area contributed by atoms with Gasteiger partial charge in [0.15, 0.2) is 0 Å². The van der Waals surface area contributed by atoms with Crippen molar-refractivity contribution in [1.29, 1.82) is 0 Å². The molecule has 2 atom stereocenters. The number of hydrogen-bond donors (Lipinski definition) is 4. The van der Waals surface area contributed by atoms with Crippen molar-refractivity contribution in [2.45, 2.75) is 50.7 Å². The number of benzene rings is 1. The van der Waals surface area contributed by atoms with E-state index in [1.165, 1.54) is 0 Å². The van der Waals surface area contributed by atoms with Crippen LogP contribution >= 0.6 is 7.60 Å². The van der Waals surface area contributed by atoms with E-state index in [2.05, 4.69) is 5.32 Å². The first kappa shape index (κ1) is 22.0. The van der Waals surface area contributed by atoms with Crippen LogP contribution in [0.1, 0.15) is 37.7 Å². The van der Waals surface area contributed by atoms with Gasteiger partial charge >= 0.3 is 13.6 Å². The number of aliphatic hydroxyl groups is 1. The molecule has 1 aromatic carbocycles. The van der Waals surface area contributed by atoms with Gasteiger partial charge in [0.2, 0.25) is 0 Å². The molecular formula is C21H31N2O5P. The van der Waals surface area contributed by atoms with E-state index in [4.69, 9.17) is 9.79 Å². The van der Waals surface area contributed by atoms with E-state index in [1.54, 1.807) is 11.0 Å². The summed E-state index contributed by atoms with van der Waals surface area (Å²) in [5, 5.41) is 13.1. The van der Waals surface area contributed by atoms with Crippen molar-refractivity contribution in [3.63, 3.8) is 0 Å². The number of nitrogens with one attached hydrogen (secondary N) is 1. The molecule has 2 amide bonds. The molecule has 1 heterocycles. The molecule has 0 aromatic heterocycles. The van der Waals surface area contributed by atoms with E-state index < -0.39 is 13.7 Å². The van der Waals surface area contributed by atoms with E-state index in [1.807, 2.05) is 36.4 Å². The van der Waals surface area contributed by atoms with E-state index in [9.17, 15) is 14.5 Å². The second kappa shape index (κ2) is 9.43. The van der Waals surface area contributed by atoms with Crippen molar-refractivity contribution in [3.8, 4) is 0 Å². The summed E-state index contributed by atoms with van der Waals surface area (Å²) in [6, 6.07) is 9.60. The molecule has 160 valence electrons. The van der Waals surface area contributed by atoms with Crippen LogP contribution < -0.4 is 5.32 Å². The van der Waals surface area contributed by atoms with Gasteiger partial charge in [-0.25, -0.2) is 4.79 Å². The van der Waals surface area contributed by atoms with Crippen molar-refractivity contribution in [2.24, 2.45) is 5.41 Å². The predicted octanol–water partition coefficient (Wildman–Crippen LogP) is 2.67. The molecule has 4 N–H and O–H groups in total. The van der Waals surface area contributed by atoms with Crippen LogP contribution in [0.15, 0.2) is 42.5 Å². The van der Waals surface area contributed by atoms with Gasteiger partial charge < -0.3 is 25.1 Å². The lowest BCUT2D eigenvalue weighted by molar-refractivity contribution is 0.205. The van der Waals surface area contributed by atoms with Crippen LogP contribution in [0.25, 0.3) is 0 Å². The fourth-order valence-corrected chi connectivity index (χ4v) is 4.75. The third-order valence-corrected chi connectivity index (χ3v) is 6.77. The van der Waals surface area contributed by atoms with E-state index >= 15 is 0 Å². The first-order valence-corrected chi connectivity index (χ1v) is 12.1. The molecule has 7 nitrogen and oxygen atoms in total. The highest BCUT2D eigenvalue weighted by Gasteiger charge is 2.43. The first-order valence-electron chi connectivity index (χ1n) is 10.3. The SMILES string of the molecule is O=C1NCC(C=CC(O)Cc2ccccc2)N1CCCC1(CCP(=O)(O)O)CC1. The Morgan fingerprint density at radius 1 is 1.24 bits per heavy atom. The van der Waals surface area contributed by atoms with Crippen LogP contribution in [0.3, 0.4) is 0 Å². The van der Waals surface area contributed by atoms with Gasteiger partial charge in [-0.2, -0.15) is 0 Å². The average molecular weight is 422 g/mol. The third-order valence-electron chi connectivity index (χ3n) is 5.96. The zero-order valence-corrected chi connectivity index (χ0v) is 17.5. The summed E-state index contributed by atoms with van der Waals surface area (Å²) in [6.07, 6.45) is 7.79. The minimum Gasteiger partial charge on any atom is -0.389 e. The van der Waals surface area contributed by atoms with Gasteiger partial charge in [-0.3, -0.25) is 4.57 Å². The summed E-state index contributed by atoms with van der Waals surface area (Å²) >= 11 is 0. The Kier molecular flexibility index (Phi) is 7.17. The minimum atomic E-state index is -3.95. The summed E-state index contributed by atoms with van der Waals surface area (Å²) < 4.78 is 11.1. The number of carbonyl (C=O) groups excluding carboxylic acids is 1. The molecule has 29 heavy (non-hydrogen) atoms. The number of aliphatic hydroxyl groups excluding tert-OH is 1. The third kappa shape index (κ3) is 6.96. The van der Waals surface area contributed by atoms with Crippen LogP contribution in [-0.4, -0.2) is 57.2 Å². The van der Waals surface area contributed by atoms with Crippen molar-refractivity contribution < 1.29 is 24.3 Å². The van der Waals surface area contributed by atoms with Crippen LogP contribution in [0.2, 0.25) is 0 Å². The summed E-state index contributed by atoms with van der Waals surface area (Å²) in [5.74, 6) is 0.